The Labute approximate surface area is 94.1 Å². The lowest BCUT2D eigenvalue weighted by Crippen LogP contribution is -2.40. The maximum atomic E-state index is 13.8. The van der Waals surface area contributed by atoms with Gasteiger partial charge in [-0.2, -0.15) is 0 Å². The Morgan fingerprint density at radius 2 is 1.62 bits per heavy atom. The Morgan fingerprint density at radius 3 is 2.06 bits per heavy atom. The van der Waals surface area contributed by atoms with E-state index in [2.05, 4.69) is 0 Å². The molecule has 2 rings (SSSR count). The van der Waals surface area contributed by atoms with E-state index in [0.29, 0.717) is 18.4 Å². The van der Waals surface area contributed by atoms with Crippen molar-refractivity contribution in [3.63, 3.8) is 0 Å². The second-order valence-corrected chi connectivity index (χ2v) is 4.72. The van der Waals surface area contributed by atoms with E-state index in [0.717, 1.165) is 19.8 Å². The number of aromatic hydroxyl groups is 1. The van der Waals surface area contributed by atoms with Gasteiger partial charge in [0.25, 0.3) is 5.92 Å². The molecule has 0 bridgehead atoms. The zero-order chi connectivity index (χ0) is 11.8. The van der Waals surface area contributed by atoms with Crippen LogP contribution >= 0.6 is 0 Å². The van der Waals surface area contributed by atoms with E-state index in [4.69, 9.17) is 0 Å². The molecule has 0 saturated heterocycles. The van der Waals surface area contributed by atoms with E-state index in [1.54, 1.807) is 12.1 Å². The fourth-order valence-corrected chi connectivity index (χ4v) is 2.74. The van der Waals surface area contributed by atoms with Gasteiger partial charge in [-0.05, 0) is 30.5 Å². The number of alkyl halides is 2. The average molecular weight is 226 g/mol. The molecule has 0 atom stereocenters. The maximum absolute atomic E-state index is 13.8. The Morgan fingerprint density at radius 1 is 1.12 bits per heavy atom. The molecule has 0 amide bonds. The molecule has 0 unspecified atom stereocenters. The fraction of sp³-hybridized carbons (Fsp3) is 0.538. The zero-order valence-electron chi connectivity index (χ0n) is 9.34. The lowest BCUT2D eigenvalue weighted by Gasteiger charge is -2.35. The molecule has 0 spiro atoms. The molecule has 3 heteroatoms. The van der Waals surface area contributed by atoms with Crippen LogP contribution in [-0.2, 0) is 5.41 Å². The van der Waals surface area contributed by atoms with Gasteiger partial charge in [-0.1, -0.05) is 25.0 Å². The van der Waals surface area contributed by atoms with Crippen molar-refractivity contribution in [1.82, 2.24) is 0 Å². The van der Waals surface area contributed by atoms with Crippen molar-refractivity contribution in [2.75, 3.05) is 0 Å². The first-order valence-electron chi connectivity index (χ1n) is 5.63. The van der Waals surface area contributed by atoms with Crippen molar-refractivity contribution in [2.24, 2.45) is 0 Å². The van der Waals surface area contributed by atoms with Crippen LogP contribution in [0.3, 0.4) is 0 Å². The van der Waals surface area contributed by atoms with E-state index in [1.165, 1.54) is 12.1 Å². The van der Waals surface area contributed by atoms with Crippen LogP contribution < -0.4 is 0 Å². The van der Waals surface area contributed by atoms with Gasteiger partial charge in [0, 0.05) is 6.92 Å². The van der Waals surface area contributed by atoms with Gasteiger partial charge in [0.2, 0.25) is 0 Å². The second kappa shape index (κ2) is 3.72. The average Bonchev–Trinajstić information content (AvgIpc) is 2.68. The van der Waals surface area contributed by atoms with E-state index in [-0.39, 0.29) is 5.75 Å². The minimum Gasteiger partial charge on any atom is -0.508 e. The third-order valence-corrected chi connectivity index (χ3v) is 3.72. The van der Waals surface area contributed by atoms with Crippen molar-refractivity contribution < 1.29 is 13.9 Å². The lowest BCUT2D eigenvalue weighted by molar-refractivity contribution is -0.0600. The van der Waals surface area contributed by atoms with Gasteiger partial charge in [0.15, 0.2) is 0 Å². The topological polar surface area (TPSA) is 20.2 Å². The molecule has 1 fully saturated rings. The van der Waals surface area contributed by atoms with Crippen molar-refractivity contribution in [1.29, 1.82) is 0 Å². The zero-order valence-corrected chi connectivity index (χ0v) is 9.34. The van der Waals surface area contributed by atoms with Crippen LogP contribution in [0.5, 0.6) is 5.75 Å². The largest absolute Gasteiger partial charge is 0.508 e. The highest BCUT2D eigenvalue weighted by Gasteiger charge is 2.52. The van der Waals surface area contributed by atoms with Gasteiger partial charge in [-0.25, -0.2) is 8.78 Å². The summed E-state index contributed by atoms with van der Waals surface area (Å²) in [6.07, 6.45) is 2.76. The standard InChI is InChI=1S/C13H16F2O/c1-12(14,15)13(8-2-3-9-13)10-4-6-11(16)7-5-10/h4-7,16H,2-3,8-9H2,1H3. The van der Waals surface area contributed by atoms with Crippen molar-refractivity contribution in [2.45, 2.75) is 43.9 Å². The van der Waals surface area contributed by atoms with E-state index < -0.39 is 11.3 Å². The van der Waals surface area contributed by atoms with E-state index in [9.17, 15) is 13.9 Å². The van der Waals surface area contributed by atoms with Gasteiger partial charge < -0.3 is 5.11 Å². The first-order chi connectivity index (χ1) is 7.46. The number of hydrogen-bond acceptors (Lipinski definition) is 1. The molecular weight excluding hydrogens is 210 g/mol. The summed E-state index contributed by atoms with van der Waals surface area (Å²) < 4.78 is 27.6. The van der Waals surface area contributed by atoms with Gasteiger partial charge in [0.1, 0.15) is 5.75 Å². The summed E-state index contributed by atoms with van der Waals surface area (Å²) in [4.78, 5) is 0. The molecule has 0 heterocycles. The first kappa shape index (κ1) is 11.4. The fourth-order valence-electron chi connectivity index (χ4n) is 2.74. The predicted molar refractivity (Wildman–Crippen MR) is 58.9 cm³/mol. The van der Waals surface area contributed by atoms with Gasteiger partial charge >= 0.3 is 0 Å². The molecule has 1 aromatic carbocycles. The number of halogens is 2. The molecule has 1 nitrogen and oxygen atoms in total. The molecule has 0 aliphatic heterocycles. The SMILES string of the molecule is CC(F)(F)C1(c2ccc(O)cc2)CCCC1. The van der Waals surface area contributed by atoms with Crippen molar-refractivity contribution in [3.05, 3.63) is 29.8 Å². The smallest absolute Gasteiger partial charge is 0.254 e. The third kappa shape index (κ3) is 1.68. The molecule has 1 saturated carbocycles. The Balaban J connectivity index is 2.44. The van der Waals surface area contributed by atoms with Crippen LogP contribution in [-0.4, -0.2) is 11.0 Å². The summed E-state index contributed by atoms with van der Waals surface area (Å²) in [5, 5.41) is 9.20. The van der Waals surface area contributed by atoms with Crippen LogP contribution in [0.1, 0.15) is 38.2 Å². The molecule has 1 aliphatic rings. The summed E-state index contributed by atoms with van der Waals surface area (Å²) >= 11 is 0. The van der Waals surface area contributed by atoms with Crippen molar-refractivity contribution in [3.8, 4) is 5.75 Å². The van der Waals surface area contributed by atoms with Crippen LogP contribution in [0.4, 0.5) is 8.78 Å². The van der Waals surface area contributed by atoms with Crippen LogP contribution in [0.25, 0.3) is 0 Å². The molecular formula is C13H16F2O. The Hall–Kier alpha value is -1.12. The van der Waals surface area contributed by atoms with E-state index >= 15 is 0 Å². The molecule has 1 N–H and O–H groups in total. The summed E-state index contributed by atoms with van der Waals surface area (Å²) in [6, 6.07) is 6.22. The van der Waals surface area contributed by atoms with Gasteiger partial charge in [0.05, 0.1) is 5.41 Å². The quantitative estimate of drug-likeness (QED) is 0.811. The number of phenolic OH excluding ortho intramolecular Hbond substituents is 1. The Bertz CT molecular complexity index is 359. The van der Waals surface area contributed by atoms with Crippen LogP contribution in [0.15, 0.2) is 24.3 Å². The third-order valence-electron chi connectivity index (χ3n) is 3.72. The minimum atomic E-state index is -2.71. The monoisotopic (exact) mass is 226 g/mol. The van der Waals surface area contributed by atoms with E-state index in [1.807, 2.05) is 0 Å². The first-order valence-corrected chi connectivity index (χ1v) is 5.63. The highest BCUT2D eigenvalue weighted by Crippen LogP contribution is 2.51. The number of rotatable bonds is 2. The number of benzene rings is 1. The minimum absolute atomic E-state index is 0.122. The highest BCUT2D eigenvalue weighted by atomic mass is 19.3. The molecule has 16 heavy (non-hydrogen) atoms. The molecule has 0 radical (unpaired) electrons. The highest BCUT2D eigenvalue weighted by molar-refractivity contribution is 5.34. The van der Waals surface area contributed by atoms with Crippen molar-refractivity contribution >= 4 is 0 Å². The number of phenols is 1. The Kier molecular flexibility index (Phi) is 2.64. The molecule has 0 aromatic heterocycles. The second-order valence-electron chi connectivity index (χ2n) is 4.72. The normalized spacial score (nSPS) is 19.9. The summed E-state index contributed by atoms with van der Waals surface area (Å²) in [5.41, 5.74) is -0.379. The summed E-state index contributed by atoms with van der Waals surface area (Å²) in [5.74, 6) is -2.59. The summed E-state index contributed by atoms with van der Waals surface area (Å²) in [7, 11) is 0. The maximum Gasteiger partial charge on any atom is 0.254 e. The van der Waals surface area contributed by atoms with Gasteiger partial charge in [-0.15, -0.1) is 0 Å². The van der Waals surface area contributed by atoms with Crippen LogP contribution in [0.2, 0.25) is 0 Å². The molecule has 1 aliphatic carbocycles. The molecule has 1 aromatic rings. The lowest BCUT2D eigenvalue weighted by atomic mass is 9.74. The van der Waals surface area contributed by atoms with Gasteiger partial charge in [-0.3, -0.25) is 0 Å². The predicted octanol–water partition coefficient (Wildman–Crippen LogP) is 3.86. The van der Waals surface area contributed by atoms with Crippen LogP contribution in [0, 0.1) is 0 Å². The molecule has 88 valence electrons. The number of hydrogen-bond donors (Lipinski definition) is 1. The summed E-state index contributed by atoms with van der Waals surface area (Å²) in [6.45, 7) is 1.01.